The van der Waals surface area contributed by atoms with Gasteiger partial charge in [0, 0.05) is 12.1 Å². The fraction of sp³-hybridized carbons (Fsp3) is 0.333. The average molecular weight is 277 g/mol. The van der Waals surface area contributed by atoms with Crippen LogP contribution in [-0.2, 0) is 0 Å². The van der Waals surface area contributed by atoms with E-state index in [-0.39, 0.29) is 5.56 Å². The largest absolute Gasteiger partial charge is 0.370 e. The lowest BCUT2D eigenvalue weighted by atomic mass is 10.0. The molecule has 0 aliphatic heterocycles. The van der Waals surface area contributed by atoms with Gasteiger partial charge in [-0.15, -0.1) is 0 Å². The molecule has 3 nitrogen and oxygen atoms in total. The minimum absolute atomic E-state index is 0.0906. The summed E-state index contributed by atoms with van der Waals surface area (Å²) in [5.74, 6) is -0.109. The van der Waals surface area contributed by atoms with Crippen LogP contribution < -0.4 is 5.32 Å². The van der Waals surface area contributed by atoms with Crippen LogP contribution in [0, 0.1) is 32.4 Å². The first kappa shape index (κ1) is 14.4. The molecule has 5 heteroatoms. The Kier molecular flexibility index (Phi) is 3.97. The van der Waals surface area contributed by atoms with E-state index in [1.54, 1.807) is 20.8 Å². The van der Waals surface area contributed by atoms with Gasteiger partial charge in [0.2, 0.25) is 0 Å². The molecule has 1 heterocycles. The molecule has 0 saturated heterocycles. The van der Waals surface area contributed by atoms with E-state index in [0.29, 0.717) is 35.0 Å². The quantitative estimate of drug-likeness (QED) is 0.927. The summed E-state index contributed by atoms with van der Waals surface area (Å²) < 4.78 is 28.3. The highest BCUT2D eigenvalue weighted by atomic mass is 19.1. The molecule has 0 aliphatic carbocycles. The van der Waals surface area contributed by atoms with E-state index in [0.717, 1.165) is 0 Å². The Bertz CT molecular complexity index is 654. The lowest BCUT2D eigenvalue weighted by Gasteiger charge is -2.14. The van der Waals surface area contributed by atoms with Crippen LogP contribution in [0.2, 0.25) is 0 Å². The van der Waals surface area contributed by atoms with Crippen molar-refractivity contribution in [2.45, 2.75) is 27.7 Å². The highest BCUT2D eigenvalue weighted by Gasteiger charge is 2.19. The zero-order valence-electron chi connectivity index (χ0n) is 12.0. The number of rotatable bonds is 3. The maximum atomic E-state index is 14.3. The lowest BCUT2D eigenvalue weighted by molar-refractivity contribution is 0.582. The fourth-order valence-electron chi connectivity index (χ4n) is 2.09. The van der Waals surface area contributed by atoms with Crippen LogP contribution in [0.5, 0.6) is 0 Å². The zero-order valence-corrected chi connectivity index (χ0v) is 12.0. The van der Waals surface area contributed by atoms with Crippen LogP contribution in [0.1, 0.15) is 23.9 Å². The minimum Gasteiger partial charge on any atom is -0.370 e. The maximum Gasteiger partial charge on any atom is 0.138 e. The molecule has 2 aromatic rings. The monoisotopic (exact) mass is 277 g/mol. The lowest BCUT2D eigenvalue weighted by Crippen LogP contribution is -2.07. The number of nitrogens with one attached hydrogen (secondary N) is 1. The molecule has 0 atom stereocenters. The first-order valence-electron chi connectivity index (χ1n) is 6.49. The summed E-state index contributed by atoms with van der Waals surface area (Å²) in [6.45, 7) is 7.68. The number of nitrogens with zero attached hydrogens (tertiary/aromatic N) is 2. The van der Waals surface area contributed by atoms with Gasteiger partial charge in [0.05, 0.1) is 11.3 Å². The van der Waals surface area contributed by atoms with Gasteiger partial charge in [-0.3, -0.25) is 0 Å². The predicted molar refractivity (Wildman–Crippen MR) is 75.8 cm³/mol. The third kappa shape index (κ3) is 2.48. The molecule has 0 radical (unpaired) electrons. The molecule has 2 rings (SSSR count). The van der Waals surface area contributed by atoms with Crippen LogP contribution in [-0.4, -0.2) is 16.5 Å². The van der Waals surface area contributed by atoms with Crippen LogP contribution in [0.4, 0.5) is 14.6 Å². The van der Waals surface area contributed by atoms with E-state index in [2.05, 4.69) is 15.3 Å². The van der Waals surface area contributed by atoms with Crippen LogP contribution in [0.3, 0.4) is 0 Å². The van der Waals surface area contributed by atoms with Gasteiger partial charge in [-0.25, -0.2) is 18.7 Å². The molecular weight excluding hydrogens is 260 g/mol. The Morgan fingerprint density at radius 2 is 1.80 bits per heavy atom. The van der Waals surface area contributed by atoms with Crippen LogP contribution >= 0.6 is 0 Å². The van der Waals surface area contributed by atoms with Gasteiger partial charge in [0.1, 0.15) is 23.3 Å². The molecular formula is C15H17F2N3. The van der Waals surface area contributed by atoms with Crippen molar-refractivity contribution in [1.29, 1.82) is 0 Å². The molecule has 0 amide bonds. The topological polar surface area (TPSA) is 37.8 Å². The molecule has 0 unspecified atom stereocenters. The Balaban J connectivity index is 2.73. The van der Waals surface area contributed by atoms with E-state index in [1.807, 2.05) is 6.92 Å². The molecule has 20 heavy (non-hydrogen) atoms. The summed E-state index contributed by atoms with van der Waals surface area (Å²) in [7, 11) is 0. The second-order valence-electron chi connectivity index (χ2n) is 4.68. The predicted octanol–water partition coefficient (Wildman–Crippen LogP) is 3.78. The number of anilines is 1. The van der Waals surface area contributed by atoms with E-state index in [1.165, 1.54) is 12.1 Å². The number of hydrogen-bond acceptors (Lipinski definition) is 3. The summed E-state index contributed by atoms with van der Waals surface area (Å²) in [5, 5.41) is 3.08. The Morgan fingerprint density at radius 3 is 2.45 bits per heavy atom. The van der Waals surface area contributed by atoms with Crippen molar-refractivity contribution in [3.63, 3.8) is 0 Å². The number of aromatic nitrogens is 2. The standard InChI is InChI=1S/C15H17F2N3/c1-5-18-15-9(3)14(19-10(4)20-15)12-11(16)7-6-8(2)13(12)17/h6-7H,5H2,1-4H3,(H,18,19,20). The molecule has 106 valence electrons. The normalized spacial score (nSPS) is 10.7. The number of aryl methyl sites for hydroxylation is 2. The Morgan fingerprint density at radius 1 is 1.10 bits per heavy atom. The van der Waals surface area contributed by atoms with Crippen molar-refractivity contribution < 1.29 is 8.78 Å². The molecule has 1 aromatic heterocycles. The molecule has 1 aromatic carbocycles. The summed E-state index contributed by atoms with van der Waals surface area (Å²) >= 11 is 0. The van der Waals surface area contributed by atoms with Gasteiger partial charge in [-0.05, 0) is 39.3 Å². The van der Waals surface area contributed by atoms with Gasteiger partial charge >= 0.3 is 0 Å². The summed E-state index contributed by atoms with van der Waals surface area (Å²) in [4.78, 5) is 8.48. The third-order valence-corrected chi connectivity index (χ3v) is 3.12. The maximum absolute atomic E-state index is 14.3. The summed E-state index contributed by atoms with van der Waals surface area (Å²) in [6.07, 6.45) is 0. The molecule has 0 saturated carbocycles. The second kappa shape index (κ2) is 5.53. The van der Waals surface area contributed by atoms with Gasteiger partial charge in [-0.1, -0.05) is 6.07 Å². The van der Waals surface area contributed by atoms with Gasteiger partial charge in [-0.2, -0.15) is 0 Å². The van der Waals surface area contributed by atoms with Crippen molar-refractivity contribution in [1.82, 2.24) is 9.97 Å². The van der Waals surface area contributed by atoms with Crippen LogP contribution in [0.15, 0.2) is 12.1 Å². The van der Waals surface area contributed by atoms with Crippen molar-refractivity contribution in [2.24, 2.45) is 0 Å². The SMILES string of the molecule is CCNc1nc(C)nc(-c2c(F)ccc(C)c2F)c1C. The minimum atomic E-state index is -0.614. The van der Waals surface area contributed by atoms with Crippen molar-refractivity contribution in [2.75, 3.05) is 11.9 Å². The first-order valence-corrected chi connectivity index (χ1v) is 6.49. The second-order valence-corrected chi connectivity index (χ2v) is 4.68. The molecule has 0 fully saturated rings. The van der Waals surface area contributed by atoms with Crippen molar-refractivity contribution >= 4 is 5.82 Å². The molecule has 0 aliphatic rings. The average Bonchev–Trinajstić information content (AvgIpc) is 2.40. The fourth-order valence-corrected chi connectivity index (χ4v) is 2.09. The first-order chi connectivity index (χ1) is 9.45. The van der Waals surface area contributed by atoms with Crippen molar-refractivity contribution in [3.8, 4) is 11.3 Å². The van der Waals surface area contributed by atoms with E-state index in [9.17, 15) is 8.78 Å². The van der Waals surface area contributed by atoms with Gasteiger partial charge < -0.3 is 5.32 Å². The van der Waals surface area contributed by atoms with Crippen LogP contribution in [0.25, 0.3) is 11.3 Å². The van der Waals surface area contributed by atoms with Crippen molar-refractivity contribution in [3.05, 3.63) is 40.7 Å². The Hall–Kier alpha value is -2.04. The van der Waals surface area contributed by atoms with E-state index >= 15 is 0 Å². The molecule has 0 spiro atoms. The smallest absolute Gasteiger partial charge is 0.138 e. The van der Waals surface area contributed by atoms with E-state index in [4.69, 9.17) is 0 Å². The molecule has 1 N–H and O–H groups in total. The zero-order chi connectivity index (χ0) is 14.9. The molecule has 0 bridgehead atoms. The number of halogens is 2. The third-order valence-electron chi connectivity index (χ3n) is 3.12. The van der Waals surface area contributed by atoms with E-state index < -0.39 is 11.6 Å². The van der Waals surface area contributed by atoms with Gasteiger partial charge in [0.25, 0.3) is 0 Å². The number of hydrogen-bond donors (Lipinski definition) is 1. The highest BCUT2D eigenvalue weighted by molar-refractivity contribution is 5.70. The summed E-state index contributed by atoms with van der Waals surface area (Å²) in [5.41, 5.74) is 1.24. The highest BCUT2D eigenvalue weighted by Crippen LogP contribution is 2.31. The Labute approximate surface area is 117 Å². The van der Waals surface area contributed by atoms with Gasteiger partial charge in [0.15, 0.2) is 0 Å². The summed E-state index contributed by atoms with van der Waals surface area (Å²) in [6, 6.07) is 2.68. The number of benzene rings is 1.